The van der Waals surface area contributed by atoms with Gasteiger partial charge in [-0.1, -0.05) is 20.8 Å². The number of rotatable bonds is 4. The predicted octanol–water partition coefficient (Wildman–Crippen LogP) is 2.77. The Kier molecular flexibility index (Phi) is 4.59. The highest BCUT2D eigenvalue weighted by molar-refractivity contribution is 6.74. The molecule has 0 saturated carbocycles. The minimum Gasteiger partial charge on any atom is -0.414 e. The van der Waals surface area contributed by atoms with Crippen LogP contribution < -0.4 is 5.56 Å². The summed E-state index contributed by atoms with van der Waals surface area (Å²) < 4.78 is 28.1. The number of alkyl halides is 1. The van der Waals surface area contributed by atoms with Gasteiger partial charge in [0.05, 0.1) is 25.4 Å². The van der Waals surface area contributed by atoms with Crippen LogP contribution in [0.4, 0.5) is 4.39 Å². The average Bonchev–Trinajstić information content (AvgIpc) is 3.08. The van der Waals surface area contributed by atoms with Crippen molar-refractivity contribution in [3.05, 3.63) is 23.0 Å². The van der Waals surface area contributed by atoms with Gasteiger partial charge < -0.3 is 14.1 Å². The molecule has 2 aromatic rings. The maximum atomic E-state index is 14.6. The van der Waals surface area contributed by atoms with Gasteiger partial charge >= 0.3 is 0 Å². The van der Waals surface area contributed by atoms with Crippen LogP contribution in [0.1, 0.15) is 33.4 Å². The second-order valence-corrected chi connectivity index (χ2v) is 12.8. The molecule has 7 nitrogen and oxygen atoms in total. The Morgan fingerprint density at radius 2 is 2.16 bits per heavy atom. The van der Waals surface area contributed by atoms with E-state index in [-0.39, 0.29) is 28.6 Å². The van der Waals surface area contributed by atoms with E-state index in [0.29, 0.717) is 12.3 Å². The van der Waals surface area contributed by atoms with Crippen molar-refractivity contribution >= 4 is 19.5 Å². The van der Waals surface area contributed by atoms with Crippen molar-refractivity contribution in [2.75, 3.05) is 6.61 Å². The minimum atomic E-state index is -1.91. The topological polar surface area (TPSA) is 82.0 Å². The van der Waals surface area contributed by atoms with Gasteiger partial charge in [0.15, 0.2) is 25.7 Å². The van der Waals surface area contributed by atoms with Gasteiger partial charge in [-0.15, -0.1) is 0 Å². The summed E-state index contributed by atoms with van der Waals surface area (Å²) in [5, 5.41) is 0.0889. The number of imidazole rings is 1. The van der Waals surface area contributed by atoms with Crippen LogP contribution in [0.2, 0.25) is 18.1 Å². The van der Waals surface area contributed by atoms with Gasteiger partial charge in [-0.2, -0.15) is 0 Å². The van der Waals surface area contributed by atoms with E-state index in [4.69, 9.17) is 9.16 Å². The molecule has 1 aliphatic heterocycles. The van der Waals surface area contributed by atoms with Gasteiger partial charge in [0.25, 0.3) is 5.56 Å². The van der Waals surface area contributed by atoms with Gasteiger partial charge in [0.1, 0.15) is 6.17 Å². The van der Waals surface area contributed by atoms with E-state index >= 15 is 0 Å². The minimum absolute atomic E-state index is 0.0889. The summed E-state index contributed by atoms with van der Waals surface area (Å²) in [5.74, 6) is 0. The molecule has 0 spiro atoms. The lowest BCUT2D eigenvalue weighted by Crippen LogP contribution is -2.42. The third-order valence-electron chi connectivity index (χ3n) is 5.20. The van der Waals surface area contributed by atoms with Crippen molar-refractivity contribution in [2.45, 2.75) is 63.8 Å². The molecule has 0 aromatic carbocycles. The van der Waals surface area contributed by atoms with E-state index in [1.165, 1.54) is 17.2 Å². The number of halogens is 1. The Morgan fingerprint density at radius 1 is 1.44 bits per heavy atom. The molecule has 3 atom stereocenters. The second-order valence-electron chi connectivity index (χ2n) is 8.03. The average molecular weight is 368 g/mol. The van der Waals surface area contributed by atoms with Crippen molar-refractivity contribution in [1.82, 2.24) is 19.5 Å². The molecular weight excluding hydrogens is 343 g/mol. The SMILES string of the molecule is CC(C)(C)[Si](C)(C)OC[C@@H]1C[C@H](F)[C@H](n2cnc3c(=O)[nH]cnc32)O1. The zero-order valence-electron chi connectivity index (χ0n) is 15.2. The molecule has 25 heavy (non-hydrogen) atoms. The van der Waals surface area contributed by atoms with Crippen molar-refractivity contribution in [3.8, 4) is 0 Å². The van der Waals surface area contributed by atoms with Crippen LogP contribution in [-0.2, 0) is 9.16 Å². The maximum absolute atomic E-state index is 14.6. The van der Waals surface area contributed by atoms with Crippen LogP contribution in [0.25, 0.3) is 11.2 Å². The van der Waals surface area contributed by atoms with Crippen molar-refractivity contribution in [2.24, 2.45) is 0 Å². The molecule has 9 heteroatoms. The Bertz CT molecular complexity index is 814. The summed E-state index contributed by atoms with van der Waals surface area (Å²) in [7, 11) is -1.91. The third-order valence-corrected chi connectivity index (χ3v) is 9.71. The highest BCUT2D eigenvalue weighted by Gasteiger charge is 2.41. The fourth-order valence-corrected chi connectivity index (χ4v) is 3.66. The number of nitrogens with one attached hydrogen (secondary N) is 1. The first-order chi connectivity index (χ1) is 11.6. The van der Waals surface area contributed by atoms with Crippen LogP contribution in [0, 0.1) is 0 Å². The number of fused-ring (bicyclic) bond motifs is 1. The van der Waals surface area contributed by atoms with Gasteiger partial charge in [-0.25, -0.2) is 14.4 Å². The van der Waals surface area contributed by atoms with Gasteiger partial charge in [-0.05, 0) is 18.1 Å². The molecular formula is C16H25FN4O3Si. The quantitative estimate of drug-likeness (QED) is 0.839. The molecule has 0 amide bonds. The Balaban J connectivity index is 1.73. The summed E-state index contributed by atoms with van der Waals surface area (Å²) in [6, 6.07) is 0. The smallest absolute Gasteiger partial charge is 0.278 e. The van der Waals surface area contributed by atoms with Gasteiger partial charge in [0, 0.05) is 6.42 Å². The summed E-state index contributed by atoms with van der Waals surface area (Å²) in [6.07, 6.45) is 0.569. The zero-order valence-corrected chi connectivity index (χ0v) is 16.2. The summed E-state index contributed by atoms with van der Waals surface area (Å²) >= 11 is 0. The van der Waals surface area contributed by atoms with Gasteiger partial charge in [-0.3, -0.25) is 9.36 Å². The molecule has 138 valence electrons. The molecule has 0 aliphatic carbocycles. The highest BCUT2D eigenvalue weighted by atomic mass is 28.4. The highest BCUT2D eigenvalue weighted by Crippen LogP contribution is 2.38. The number of aromatic amines is 1. The van der Waals surface area contributed by atoms with E-state index in [1.54, 1.807) is 0 Å². The van der Waals surface area contributed by atoms with E-state index in [1.807, 2.05) is 0 Å². The summed E-state index contributed by atoms with van der Waals surface area (Å²) in [6.45, 7) is 11.2. The number of aromatic nitrogens is 4. The number of H-pyrrole nitrogens is 1. The first-order valence-electron chi connectivity index (χ1n) is 8.44. The van der Waals surface area contributed by atoms with E-state index in [0.717, 1.165) is 0 Å². The van der Waals surface area contributed by atoms with E-state index in [2.05, 4.69) is 48.8 Å². The van der Waals surface area contributed by atoms with E-state index in [9.17, 15) is 9.18 Å². The molecule has 1 saturated heterocycles. The van der Waals surface area contributed by atoms with Crippen molar-refractivity contribution < 1.29 is 13.6 Å². The fourth-order valence-electron chi connectivity index (χ4n) is 2.62. The lowest BCUT2D eigenvalue weighted by molar-refractivity contribution is -0.0331. The number of hydrogen-bond acceptors (Lipinski definition) is 5. The third kappa shape index (κ3) is 3.40. The largest absolute Gasteiger partial charge is 0.414 e. The summed E-state index contributed by atoms with van der Waals surface area (Å²) in [4.78, 5) is 22.3. The molecule has 3 heterocycles. The predicted molar refractivity (Wildman–Crippen MR) is 94.7 cm³/mol. The first-order valence-corrected chi connectivity index (χ1v) is 11.3. The Morgan fingerprint density at radius 3 is 2.84 bits per heavy atom. The monoisotopic (exact) mass is 368 g/mol. The molecule has 1 fully saturated rings. The Labute approximate surface area is 146 Å². The van der Waals surface area contributed by atoms with Crippen LogP contribution >= 0.6 is 0 Å². The molecule has 0 unspecified atom stereocenters. The lowest BCUT2D eigenvalue weighted by Gasteiger charge is -2.36. The van der Waals surface area contributed by atoms with E-state index < -0.39 is 20.7 Å². The van der Waals surface area contributed by atoms with Crippen LogP contribution in [0.3, 0.4) is 0 Å². The van der Waals surface area contributed by atoms with Crippen LogP contribution in [0.15, 0.2) is 17.4 Å². The van der Waals surface area contributed by atoms with Crippen molar-refractivity contribution in [1.29, 1.82) is 0 Å². The zero-order chi connectivity index (χ0) is 18.4. The normalized spacial score (nSPS) is 25.0. The molecule has 1 aliphatic rings. The molecule has 0 bridgehead atoms. The van der Waals surface area contributed by atoms with Crippen LogP contribution in [-0.4, -0.2) is 46.7 Å². The first kappa shape index (κ1) is 18.2. The molecule has 0 radical (unpaired) electrons. The molecule has 3 rings (SSSR count). The number of hydrogen-bond donors (Lipinski definition) is 1. The standard InChI is InChI=1S/C16H25FN4O3Si/c1-16(2,3)25(4,5)23-7-10-6-11(17)15(24-10)21-9-20-12-13(21)18-8-19-14(12)22/h8-11,15H,6-7H2,1-5H3,(H,18,19,22)/t10-,11-,15+/m0/s1. The maximum Gasteiger partial charge on any atom is 0.278 e. The molecule has 1 N–H and O–H groups in total. The Hall–Kier alpha value is -1.58. The lowest BCUT2D eigenvalue weighted by atomic mass is 10.2. The fraction of sp³-hybridized carbons (Fsp3) is 0.688. The summed E-state index contributed by atoms with van der Waals surface area (Å²) in [5.41, 5.74) is 0.150. The van der Waals surface area contributed by atoms with Gasteiger partial charge in [0.2, 0.25) is 0 Å². The van der Waals surface area contributed by atoms with Crippen LogP contribution in [0.5, 0.6) is 0 Å². The number of ether oxygens (including phenoxy) is 1. The van der Waals surface area contributed by atoms with Crippen molar-refractivity contribution in [3.63, 3.8) is 0 Å². The molecule has 2 aromatic heterocycles. The second kappa shape index (κ2) is 6.29. The number of nitrogens with zero attached hydrogens (tertiary/aromatic N) is 3.